The molecule has 1 aliphatic heterocycles. The van der Waals surface area contributed by atoms with Gasteiger partial charge < -0.3 is 19.9 Å². The van der Waals surface area contributed by atoms with E-state index in [0.29, 0.717) is 34.7 Å². The Morgan fingerprint density at radius 1 is 1.27 bits per heavy atom. The van der Waals surface area contributed by atoms with Crippen LogP contribution in [0.3, 0.4) is 0 Å². The van der Waals surface area contributed by atoms with Crippen LogP contribution in [0.4, 0.5) is 5.69 Å². The Hall–Kier alpha value is -2.34. The van der Waals surface area contributed by atoms with Gasteiger partial charge in [-0.05, 0) is 30.9 Å². The highest BCUT2D eigenvalue weighted by atomic mass is 16.5. The molecule has 0 spiro atoms. The number of hydrogen-bond acceptors (Lipinski definition) is 3. The van der Waals surface area contributed by atoms with Gasteiger partial charge in [0.1, 0.15) is 5.69 Å². The summed E-state index contributed by atoms with van der Waals surface area (Å²) >= 11 is 0. The van der Waals surface area contributed by atoms with E-state index in [4.69, 9.17) is 4.74 Å². The van der Waals surface area contributed by atoms with Crippen molar-refractivity contribution in [1.82, 2.24) is 4.98 Å². The lowest BCUT2D eigenvalue weighted by Gasteiger charge is -2.37. The maximum atomic E-state index is 12.9. The second-order valence-electron chi connectivity index (χ2n) is 10.6. The van der Waals surface area contributed by atoms with E-state index in [1.807, 2.05) is 25.1 Å². The molecule has 2 aromatic rings. The fourth-order valence-corrected chi connectivity index (χ4v) is 6.21. The molecule has 1 saturated carbocycles. The number of aromatic amines is 1. The summed E-state index contributed by atoms with van der Waals surface area (Å²) in [6, 6.07) is 6.52. The second-order valence-corrected chi connectivity index (χ2v) is 10.6. The van der Waals surface area contributed by atoms with Crippen LogP contribution in [0, 0.1) is 17.8 Å². The summed E-state index contributed by atoms with van der Waals surface area (Å²) in [5.74, 6) is -0.533. The zero-order valence-electron chi connectivity index (χ0n) is 18.8. The summed E-state index contributed by atoms with van der Waals surface area (Å²) in [7, 11) is 1.35. The molecule has 2 bridgehead atoms. The third kappa shape index (κ3) is 3.97. The number of aryl methyl sites for hydroxylation is 1. The highest BCUT2D eigenvalue weighted by molar-refractivity contribution is 6.11. The summed E-state index contributed by atoms with van der Waals surface area (Å²) < 4.78 is 4.91. The second kappa shape index (κ2) is 7.41. The number of rotatable bonds is 5. The molecule has 1 aromatic carbocycles. The number of amides is 1. The van der Waals surface area contributed by atoms with E-state index in [-0.39, 0.29) is 5.91 Å². The van der Waals surface area contributed by atoms with Gasteiger partial charge in [0.2, 0.25) is 5.91 Å². The number of likely N-dealkylation sites (tertiary alicyclic amines) is 1. The average molecular weight is 413 g/mol. The van der Waals surface area contributed by atoms with Gasteiger partial charge in [-0.1, -0.05) is 32.4 Å². The highest BCUT2D eigenvalue weighted by Gasteiger charge is 2.52. The largest absolute Gasteiger partial charge is 0.464 e. The number of hydrogen-bond donors (Lipinski definition) is 3. The lowest BCUT2D eigenvalue weighted by Crippen LogP contribution is -3.14. The van der Waals surface area contributed by atoms with Crippen LogP contribution < -0.4 is 10.2 Å². The van der Waals surface area contributed by atoms with Gasteiger partial charge in [0.05, 0.1) is 38.3 Å². The van der Waals surface area contributed by atoms with Crippen LogP contribution in [0.2, 0.25) is 0 Å². The van der Waals surface area contributed by atoms with E-state index in [2.05, 4.69) is 31.1 Å². The number of anilines is 1. The van der Waals surface area contributed by atoms with Gasteiger partial charge in [-0.3, -0.25) is 4.79 Å². The number of fused-ring (bicyclic) bond motifs is 3. The quantitative estimate of drug-likeness (QED) is 0.661. The van der Waals surface area contributed by atoms with Crippen molar-refractivity contribution in [2.24, 2.45) is 10.8 Å². The van der Waals surface area contributed by atoms with Crippen molar-refractivity contribution >= 4 is 28.5 Å². The lowest BCUT2D eigenvalue weighted by atomic mass is 9.65. The molecule has 6 nitrogen and oxygen atoms in total. The minimum atomic E-state index is -0.478. The van der Waals surface area contributed by atoms with Crippen molar-refractivity contribution in [2.75, 3.05) is 25.5 Å². The molecule has 1 aliphatic carbocycles. The number of nitrogens with one attached hydrogen (secondary N) is 3. The Morgan fingerprint density at radius 2 is 2.03 bits per heavy atom. The standard InChI is InChI=1S/C24H33N3O3/c1-15-6-7-18-17(10-15)20(21(25-18)22(29)30-5)26-19(28)8-9-27-14-24(4)12-16(27)11-23(2,3)13-24/h6-7,10,16,25H,8-9,11-14H2,1-5H3,(H,26,28)/p+1/t16-,24-/m1/s1. The van der Waals surface area contributed by atoms with E-state index >= 15 is 0 Å². The number of methoxy groups -OCH3 is 1. The van der Waals surface area contributed by atoms with Gasteiger partial charge in [0.15, 0.2) is 0 Å². The van der Waals surface area contributed by atoms with Crippen LogP contribution >= 0.6 is 0 Å². The van der Waals surface area contributed by atoms with Crippen LogP contribution in [-0.2, 0) is 9.53 Å². The molecule has 1 aromatic heterocycles. The van der Waals surface area contributed by atoms with Gasteiger partial charge in [0.25, 0.3) is 0 Å². The fraction of sp³-hybridized carbons (Fsp3) is 0.583. The number of carbonyl (C=O) groups excluding carboxylic acids is 2. The zero-order chi connectivity index (χ0) is 21.7. The minimum absolute atomic E-state index is 0.0547. The highest BCUT2D eigenvalue weighted by Crippen LogP contribution is 2.47. The predicted molar refractivity (Wildman–Crippen MR) is 118 cm³/mol. The van der Waals surface area contributed by atoms with Gasteiger partial charge in [-0.15, -0.1) is 0 Å². The maximum absolute atomic E-state index is 12.9. The predicted octanol–water partition coefficient (Wildman–Crippen LogP) is 3.08. The number of quaternary nitrogens is 1. The van der Waals surface area contributed by atoms with E-state index in [1.54, 1.807) is 4.90 Å². The first kappa shape index (κ1) is 20.9. The molecule has 2 fully saturated rings. The molecule has 1 saturated heterocycles. The average Bonchev–Trinajstić information content (AvgIpc) is 3.12. The molecule has 3 atom stereocenters. The Kier molecular flexibility index (Phi) is 5.17. The molecule has 2 aliphatic rings. The summed E-state index contributed by atoms with van der Waals surface area (Å²) in [6.07, 6.45) is 4.21. The first-order valence-electron chi connectivity index (χ1n) is 10.9. The SMILES string of the molecule is COC(=O)c1[nH]c2ccc(C)cc2c1NC(=O)CC[NH+]1C[C@]2(C)C[C@H]1CC(C)(C)C2. The molecular weight excluding hydrogens is 378 g/mol. The third-order valence-corrected chi connectivity index (χ3v) is 6.96. The molecule has 4 rings (SSSR count). The van der Waals surface area contributed by atoms with Crippen molar-refractivity contribution in [2.45, 2.75) is 59.4 Å². The Labute approximate surface area is 178 Å². The van der Waals surface area contributed by atoms with Crippen molar-refractivity contribution in [3.05, 3.63) is 29.5 Å². The molecular formula is C24H34N3O3+. The molecule has 3 N–H and O–H groups in total. The van der Waals surface area contributed by atoms with Crippen molar-refractivity contribution in [3.63, 3.8) is 0 Å². The lowest BCUT2D eigenvalue weighted by molar-refractivity contribution is -0.913. The molecule has 0 radical (unpaired) electrons. The molecule has 30 heavy (non-hydrogen) atoms. The fourth-order valence-electron chi connectivity index (χ4n) is 6.21. The van der Waals surface area contributed by atoms with E-state index in [9.17, 15) is 9.59 Å². The van der Waals surface area contributed by atoms with Crippen molar-refractivity contribution in [1.29, 1.82) is 0 Å². The summed E-state index contributed by atoms with van der Waals surface area (Å²) in [5.41, 5.74) is 3.48. The molecule has 1 amide bonds. The number of carbonyl (C=O) groups is 2. The molecule has 162 valence electrons. The van der Waals surface area contributed by atoms with E-state index in [0.717, 1.165) is 29.6 Å². The minimum Gasteiger partial charge on any atom is -0.464 e. The molecule has 1 unspecified atom stereocenters. The summed E-state index contributed by atoms with van der Waals surface area (Å²) in [4.78, 5) is 29.8. The topological polar surface area (TPSA) is 75.6 Å². The monoisotopic (exact) mass is 412 g/mol. The number of esters is 1. The first-order valence-corrected chi connectivity index (χ1v) is 10.9. The van der Waals surface area contributed by atoms with Crippen LogP contribution in [0.1, 0.15) is 62.5 Å². The number of benzene rings is 1. The first-order chi connectivity index (χ1) is 14.1. The van der Waals surface area contributed by atoms with Crippen molar-refractivity contribution in [3.8, 4) is 0 Å². The normalized spacial score (nSPS) is 27.2. The van der Waals surface area contributed by atoms with Crippen LogP contribution in [0.25, 0.3) is 10.9 Å². The van der Waals surface area contributed by atoms with Crippen molar-refractivity contribution < 1.29 is 19.2 Å². The maximum Gasteiger partial charge on any atom is 0.356 e. The Bertz CT molecular complexity index is 993. The zero-order valence-corrected chi connectivity index (χ0v) is 18.8. The Balaban J connectivity index is 1.48. The molecule has 2 heterocycles. The van der Waals surface area contributed by atoms with Crippen LogP contribution in [-0.4, -0.2) is 43.1 Å². The van der Waals surface area contributed by atoms with E-state index in [1.165, 1.54) is 26.4 Å². The summed E-state index contributed by atoms with van der Waals surface area (Å²) in [5, 5.41) is 3.84. The van der Waals surface area contributed by atoms with Gasteiger partial charge in [0, 0.05) is 29.2 Å². The number of H-pyrrole nitrogens is 1. The number of aromatic nitrogens is 1. The Morgan fingerprint density at radius 3 is 2.77 bits per heavy atom. The van der Waals surface area contributed by atoms with Crippen LogP contribution in [0.5, 0.6) is 0 Å². The van der Waals surface area contributed by atoms with Gasteiger partial charge >= 0.3 is 5.97 Å². The third-order valence-electron chi connectivity index (χ3n) is 6.96. The van der Waals surface area contributed by atoms with Gasteiger partial charge in [-0.2, -0.15) is 0 Å². The summed E-state index contributed by atoms with van der Waals surface area (Å²) in [6.45, 7) is 11.1. The van der Waals surface area contributed by atoms with E-state index < -0.39 is 5.97 Å². The molecule has 6 heteroatoms. The number of ether oxygens (including phenoxy) is 1. The van der Waals surface area contributed by atoms with Gasteiger partial charge in [-0.25, -0.2) is 4.79 Å². The van der Waals surface area contributed by atoms with Crippen LogP contribution in [0.15, 0.2) is 18.2 Å². The smallest absolute Gasteiger partial charge is 0.356 e.